The largest absolute Gasteiger partial charge is 0.337 e. The molecule has 2 aromatic rings. The Hall–Kier alpha value is -1.33. The van der Waals surface area contributed by atoms with Crippen LogP contribution in [0.4, 0.5) is 0 Å². The summed E-state index contributed by atoms with van der Waals surface area (Å²) in [5, 5.41) is 4.12. The van der Waals surface area contributed by atoms with E-state index in [4.69, 9.17) is 10.3 Å². The monoisotopic (exact) mass is 303 g/mol. The van der Waals surface area contributed by atoms with Gasteiger partial charge in [-0.05, 0) is 43.4 Å². The van der Waals surface area contributed by atoms with Gasteiger partial charge in [0.2, 0.25) is 11.7 Å². The van der Waals surface area contributed by atoms with Gasteiger partial charge in [0.05, 0.1) is 5.54 Å². The summed E-state index contributed by atoms with van der Waals surface area (Å²) in [4.78, 5) is 5.79. The van der Waals surface area contributed by atoms with E-state index in [9.17, 15) is 0 Å². The van der Waals surface area contributed by atoms with E-state index in [1.165, 1.54) is 17.7 Å². The Kier molecular flexibility index (Phi) is 4.31. The molecule has 21 heavy (non-hydrogen) atoms. The van der Waals surface area contributed by atoms with E-state index in [0.29, 0.717) is 11.7 Å². The molecule has 0 aliphatic heterocycles. The van der Waals surface area contributed by atoms with Crippen LogP contribution < -0.4 is 5.73 Å². The first-order chi connectivity index (χ1) is 10.2. The second-order valence-corrected chi connectivity index (χ2v) is 6.60. The lowest BCUT2D eigenvalue weighted by Crippen LogP contribution is -2.36. The fourth-order valence-corrected chi connectivity index (χ4v) is 3.26. The highest BCUT2D eigenvalue weighted by Gasteiger charge is 2.34. The molecule has 2 N–H and O–H groups in total. The van der Waals surface area contributed by atoms with E-state index >= 15 is 0 Å². The summed E-state index contributed by atoms with van der Waals surface area (Å²) in [6, 6.07) is 8.19. The summed E-state index contributed by atoms with van der Waals surface area (Å²) in [5.41, 5.74) is 7.05. The van der Waals surface area contributed by atoms with Gasteiger partial charge in [0, 0.05) is 10.5 Å². The van der Waals surface area contributed by atoms with Crippen molar-refractivity contribution >= 4 is 11.8 Å². The molecule has 1 fully saturated rings. The van der Waals surface area contributed by atoms with Crippen LogP contribution in [0, 0.1) is 0 Å². The predicted octanol–water partition coefficient (Wildman–Crippen LogP) is 3.97. The molecule has 1 saturated carbocycles. The molecule has 0 atom stereocenters. The lowest BCUT2D eigenvalue weighted by atomic mass is 9.91. The summed E-state index contributed by atoms with van der Waals surface area (Å²) in [5.74, 6) is 1.22. The van der Waals surface area contributed by atoms with Gasteiger partial charge in [-0.1, -0.05) is 30.8 Å². The van der Waals surface area contributed by atoms with E-state index < -0.39 is 5.54 Å². The zero-order valence-electron chi connectivity index (χ0n) is 12.3. The smallest absolute Gasteiger partial charge is 0.247 e. The first-order valence-electron chi connectivity index (χ1n) is 7.49. The zero-order chi connectivity index (χ0) is 14.7. The summed E-state index contributed by atoms with van der Waals surface area (Å²) < 4.78 is 5.48. The molecule has 0 unspecified atom stereocenters. The number of rotatable bonds is 3. The Balaban J connectivity index is 1.84. The normalized spacial score (nSPS) is 18.4. The van der Waals surface area contributed by atoms with Crippen molar-refractivity contribution in [2.24, 2.45) is 5.73 Å². The maximum absolute atomic E-state index is 6.52. The molecule has 0 bridgehead atoms. The van der Waals surface area contributed by atoms with Crippen LogP contribution in [-0.4, -0.2) is 16.4 Å². The van der Waals surface area contributed by atoms with Crippen molar-refractivity contribution in [2.45, 2.75) is 49.0 Å². The first kappa shape index (κ1) is 14.6. The Morgan fingerprint density at radius 3 is 2.38 bits per heavy atom. The number of benzene rings is 1. The van der Waals surface area contributed by atoms with E-state index in [1.807, 2.05) is 12.1 Å². The molecule has 1 heterocycles. The lowest BCUT2D eigenvalue weighted by Gasteiger charge is -2.22. The third-order valence-electron chi connectivity index (χ3n) is 4.20. The van der Waals surface area contributed by atoms with Crippen molar-refractivity contribution in [3.8, 4) is 11.4 Å². The van der Waals surface area contributed by atoms with Crippen LogP contribution in [0.15, 0.2) is 33.7 Å². The highest BCUT2D eigenvalue weighted by molar-refractivity contribution is 7.98. The van der Waals surface area contributed by atoms with Crippen LogP contribution in [0.25, 0.3) is 11.4 Å². The van der Waals surface area contributed by atoms with Gasteiger partial charge in [-0.2, -0.15) is 4.98 Å². The lowest BCUT2D eigenvalue weighted by molar-refractivity contribution is 0.257. The predicted molar refractivity (Wildman–Crippen MR) is 85.1 cm³/mol. The number of aromatic nitrogens is 2. The minimum atomic E-state index is -0.443. The van der Waals surface area contributed by atoms with Crippen molar-refractivity contribution < 1.29 is 4.52 Å². The number of hydrogen-bond acceptors (Lipinski definition) is 5. The molecule has 0 saturated heterocycles. The van der Waals surface area contributed by atoms with Crippen LogP contribution in [0.2, 0.25) is 0 Å². The highest BCUT2D eigenvalue weighted by atomic mass is 32.2. The van der Waals surface area contributed by atoms with Gasteiger partial charge in [-0.3, -0.25) is 0 Å². The van der Waals surface area contributed by atoms with Gasteiger partial charge in [0.1, 0.15) is 0 Å². The fourth-order valence-electron chi connectivity index (χ4n) is 2.86. The van der Waals surface area contributed by atoms with Crippen LogP contribution >= 0.6 is 11.8 Å². The maximum atomic E-state index is 6.52. The molecule has 0 spiro atoms. The van der Waals surface area contributed by atoms with E-state index in [2.05, 4.69) is 28.5 Å². The number of thioether (sulfide) groups is 1. The van der Waals surface area contributed by atoms with Crippen LogP contribution in [0.3, 0.4) is 0 Å². The molecule has 1 aliphatic carbocycles. The summed E-state index contributed by atoms with van der Waals surface area (Å²) in [6.07, 6.45) is 8.69. The minimum Gasteiger partial charge on any atom is -0.337 e. The molecule has 1 aromatic heterocycles. The number of hydrogen-bond donors (Lipinski definition) is 1. The standard InChI is InChI=1S/C16H21N3OS/c1-21-13-8-6-12(7-9-13)14-18-15(20-19-14)16(17)10-4-2-3-5-11-16/h6-9H,2-5,10-11,17H2,1H3. The summed E-state index contributed by atoms with van der Waals surface area (Å²) >= 11 is 1.72. The van der Waals surface area contributed by atoms with Crippen LogP contribution in [-0.2, 0) is 5.54 Å². The quantitative estimate of drug-likeness (QED) is 0.686. The van der Waals surface area contributed by atoms with Crippen molar-refractivity contribution in [1.82, 2.24) is 10.1 Å². The maximum Gasteiger partial charge on any atom is 0.247 e. The SMILES string of the molecule is CSc1ccc(-c2noc(C3(N)CCCCCC3)n2)cc1. The van der Waals surface area contributed by atoms with Crippen LogP contribution in [0.5, 0.6) is 0 Å². The van der Waals surface area contributed by atoms with Crippen LogP contribution in [0.1, 0.15) is 44.4 Å². The first-order valence-corrected chi connectivity index (χ1v) is 8.71. The second-order valence-electron chi connectivity index (χ2n) is 5.72. The van der Waals surface area contributed by atoms with Crippen molar-refractivity contribution in [1.29, 1.82) is 0 Å². The molecule has 1 aromatic carbocycles. The molecule has 0 amide bonds. The van der Waals surface area contributed by atoms with Gasteiger partial charge in [-0.15, -0.1) is 11.8 Å². The molecule has 1 aliphatic rings. The molecule has 0 radical (unpaired) electrons. The second kappa shape index (κ2) is 6.20. The van der Waals surface area contributed by atoms with Gasteiger partial charge >= 0.3 is 0 Å². The summed E-state index contributed by atoms with van der Waals surface area (Å²) in [6.45, 7) is 0. The Labute approximate surface area is 129 Å². The zero-order valence-corrected chi connectivity index (χ0v) is 13.2. The van der Waals surface area contributed by atoms with Crippen molar-refractivity contribution in [3.63, 3.8) is 0 Å². The fraction of sp³-hybridized carbons (Fsp3) is 0.500. The van der Waals surface area contributed by atoms with Gasteiger partial charge in [0.25, 0.3) is 0 Å². The topological polar surface area (TPSA) is 64.9 Å². The molecular formula is C16H21N3OS. The third kappa shape index (κ3) is 3.14. The van der Waals surface area contributed by atoms with Gasteiger partial charge in [-0.25, -0.2) is 0 Å². The van der Waals surface area contributed by atoms with Crippen molar-refractivity contribution in [2.75, 3.05) is 6.26 Å². The highest BCUT2D eigenvalue weighted by Crippen LogP contribution is 2.33. The van der Waals surface area contributed by atoms with E-state index in [-0.39, 0.29) is 0 Å². The molecule has 112 valence electrons. The Morgan fingerprint density at radius 2 is 1.76 bits per heavy atom. The number of nitrogens with zero attached hydrogens (tertiary/aromatic N) is 2. The minimum absolute atomic E-state index is 0.443. The molecule has 3 rings (SSSR count). The van der Waals surface area contributed by atoms with E-state index in [1.54, 1.807) is 11.8 Å². The molecule has 4 nitrogen and oxygen atoms in total. The number of nitrogens with two attached hydrogens (primary N) is 1. The molecular weight excluding hydrogens is 282 g/mol. The Morgan fingerprint density at radius 1 is 1.10 bits per heavy atom. The van der Waals surface area contributed by atoms with Gasteiger partial charge < -0.3 is 10.3 Å². The third-order valence-corrected chi connectivity index (χ3v) is 4.94. The van der Waals surface area contributed by atoms with Gasteiger partial charge in [0.15, 0.2) is 0 Å². The van der Waals surface area contributed by atoms with Crippen molar-refractivity contribution in [3.05, 3.63) is 30.2 Å². The summed E-state index contributed by atoms with van der Waals surface area (Å²) in [7, 11) is 0. The van der Waals surface area contributed by atoms with E-state index in [0.717, 1.165) is 31.2 Å². The average molecular weight is 303 g/mol. The Bertz CT molecular complexity index is 586. The molecule has 5 heteroatoms. The average Bonchev–Trinajstić information content (AvgIpc) is 2.92.